The van der Waals surface area contributed by atoms with Gasteiger partial charge in [0.2, 0.25) is 5.91 Å². The van der Waals surface area contributed by atoms with E-state index in [0.717, 1.165) is 23.3 Å². The van der Waals surface area contributed by atoms with E-state index in [2.05, 4.69) is 10.6 Å². The lowest BCUT2D eigenvalue weighted by molar-refractivity contribution is -0.122. The molecule has 0 spiro atoms. The third kappa shape index (κ3) is 4.29. The molecule has 0 radical (unpaired) electrons. The maximum atomic E-state index is 12.3. The molecule has 6 nitrogen and oxygen atoms in total. The van der Waals surface area contributed by atoms with Gasteiger partial charge in [0.05, 0.1) is 7.11 Å². The van der Waals surface area contributed by atoms with Gasteiger partial charge in [0.1, 0.15) is 5.75 Å². The Morgan fingerprint density at radius 1 is 1.20 bits per heavy atom. The standard InChI is InChI=1S/C19H21N3O3/c1-25-15-7-5-13(6-8-15)16-10-17(16)18(23)21-11-12-3-2-4-14(9-12)22-19(20)24/h2-9,16-17H,10-11H2,1H3,(H,21,23)(H3,20,22,24)/t16-,17+/m0/s1. The number of amides is 3. The van der Waals surface area contributed by atoms with Gasteiger partial charge in [-0.25, -0.2) is 4.79 Å². The Morgan fingerprint density at radius 3 is 2.64 bits per heavy atom. The van der Waals surface area contributed by atoms with E-state index in [4.69, 9.17) is 10.5 Å². The number of benzene rings is 2. The summed E-state index contributed by atoms with van der Waals surface area (Å²) in [6.07, 6.45) is 0.863. The molecule has 2 aromatic rings. The predicted octanol–water partition coefficient (Wildman–Crippen LogP) is 2.61. The molecule has 3 amide bonds. The zero-order valence-corrected chi connectivity index (χ0v) is 14.0. The first kappa shape index (κ1) is 16.8. The fourth-order valence-electron chi connectivity index (χ4n) is 2.93. The number of carbonyl (C=O) groups excluding carboxylic acids is 2. The van der Waals surface area contributed by atoms with Gasteiger partial charge >= 0.3 is 6.03 Å². The van der Waals surface area contributed by atoms with Crippen LogP contribution in [0.5, 0.6) is 5.75 Å². The minimum absolute atomic E-state index is 0.0142. The molecule has 1 aliphatic rings. The Labute approximate surface area is 146 Å². The molecule has 2 atom stereocenters. The highest BCUT2D eigenvalue weighted by Gasteiger charge is 2.43. The van der Waals surface area contributed by atoms with E-state index in [9.17, 15) is 9.59 Å². The van der Waals surface area contributed by atoms with Gasteiger partial charge in [-0.1, -0.05) is 24.3 Å². The molecule has 0 saturated heterocycles. The number of hydrogen-bond acceptors (Lipinski definition) is 3. The molecule has 3 rings (SSSR count). The molecule has 2 aromatic carbocycles. The Kier molecular flexibility index (Phi) is 4.88. The van der Waals surface area contributed by atoms with Crippen molar-refractivity contribution in [3.8, 4) is 5.75 Å². The van der Waals surface area contributed by atoms with Crippen LogP contribution in [0.2, 0.25) is 0 Å². The van der Waals surface area contributed by atoms with Crippen molar-refractivity contribution in [2.24, 2.45) is 11.7 Å². The van der Waals surface area contributed by atoms with Crippen LogP contribution in [0.4, 0.5) is 10.5 Å². The SMILES string of the molecule is COc1ccc([C@@H]2C[C@H]2C(=O)NCc2cccc(NC(N)=O)c2)cc1. The molecule has 25 heavy (non-hydrogen) atoms. The minimum atomic E-state index is -0.610. The number of carbonyl (C=O) groups is 2. The molecular formula is C19H21N3O3. The van der Waals surface area contributed by atoms with E-state index in [1.54, 1.807) is 19.2 Å². The zero-order chi connectivity index (χ0) is 17.8. The first-order valence-corrected chi connectivity index (χ1v) is 8.14. The highest BCUT2D eigenvalue weighted by Crippen LogP contribution is 2.47. The van der Waals surface area contributed by atoms with Gasteiger partial charge in [0, 0.05) is 18.2 Å². The second kappa shape index (κ2) is 7.25. The van der Waals surface area contributed by atoms with E-state index in [-0.39, 0.29) is 17.7 Å². The van der Waals surface area contributed by atoms with Crippen molar-refractivity contribution >= 4 is 17.6 Å². The summed E-state index contributed by atoms with van der Waals surface area (Å²) < 4.78 is 5.15. The molecule has 1 saturated carbocycles. The van der Waals surface area contributed by atoms with Gasteiger partial charge in [-0.2, -0.15) is 0 Å². The summed E-state index contributed by atoms with van der Waals surface area (Å²) in [5, 5.41) is 5.48. The second-order valence-corrected chi connectivity index (χ2v) is 6.13. The van der Waals surface area contributed by atoms with Crippen molar-refractivity contribution in [2.75, 3.05) is 12.4 Å². The van der Waals surface area contributed by atoms with Gasteiger partial charge in [0.25, 0.3) is 0 Å². The van der Waals surface area contributed by atoms with Crippen molar-refractivity contribution in [1.29, 1.82) is 0 Å². The van der Waals surface area contributed by atoms with Crippen LogP contribution in [-0.4, -0.2) is 19.0 Å². The molecule has 1 fully saturated rings. The largest absolute Gasteiger partial charge is 0.497 e. The molecule has 4 N–H and O–H groups in total. The van der Waals surface area contributed by atoms with E-state index in [0.29, 0.717) is 12.2 Å². The predicted molar refractivity (Wildman–Crippen MR) is 95.3 cm³/mol. The van der Waals surface area contributed by atoms with Crippen molar-refractivity contribution in [1.82, 2.24) is 5.32 Å². The number of methoxy groups -OCH3 is 1. The molecular weight excluding hydrogens is 318 g/mol. The van der Waals surface area contributed by atoms with Crippen LogP contribution in [0, 0.1) is 5.92 Å². The lowest BCUT2D eigenvalue weighted by Gasteiger charge is -2.08. The first-order chi connectivity index (χ1) is 12.1. The fraction of sp³-hybridized carbons (Fsp3) is 0.263. The lowest BCUT2D eigenvalue weighted by Crippen LogP contribution is -2.25. The summed E-state index contributed by atoms with van der Waals surface area (Å²) in [4.78, 5) is 23.2. The molecule has 0 bridgehead atoms. The van der Waals surface area contributed by atoms with Gasteiger partial charge in [0.15, 0.2) is 0 Å². The summed E-state index contributed by atoms with van der Waals surface area (Å²) >= 11 is 0. The average molecular weight is 339 g/mol. The molecule has 0 aliphatic heterocycles. The highest BCUT2D eigenvalue weighted by atomic mass is 16.5. The first-order valence-electron chi connectivity index (χ1n) is 8.14. The van der Waals surface area contributed by atoms with Crippen LogP contribution in [0.25, 0.3) is 0 Å². The van der Waals surface area contributed by atoms with Crippen molar-refractivity contribution in [3.05, 3.63) is 59.7 Å². The molecule has 1 aliphatic carbocycles. The van der Waals surface area contributed by atoms with Crippen LogP contribution < -0.4 is 21.1 Å². The molecule has 0 heterocycles. The number of rotatable bonds is 6. The third-order valence-electron chi connectivity index (χ3n) is 4.33. The number of nitrogens with two attached hydrogens (primary N) is 1. The zero-order valence-electron chi connectivity index (χ0n) is 14.0. The topological polar surface area (TPSA) is 93.4 Å². The van der Waals surface area contributed by atoms with Crippen molar-refractivity contribution < 1.29 is 14.3 Å². The van der Waals surface area contributed by atoms with Crippen LogP contribution in [0.1, 0.15) is 23.5 Å². The maximum Gasteiger partial charge on any atom is 0.316 e. The average Bonchev–Trinajstić information content (AvgIpc) is 3.40. The molecule has 6 heteroatoms. The van der Waals surface area contributed by atoms with Crippen LogP contribution in [-0.2, 0) is 11.3 Å². The highest BCUT2D eigenvalue weighted by molar-refractivity contribution is 5.87. The summed E-state index contributed by atoms with van der Waals surface area (Å²) in [6, 6.07) is 14.5. The number of hydrogen-bond donors (Lipinski definition) is 3. The van der Waals surface area contributed by atoms with Gasteiger partial charge in [-0.05, 0) is 47.7 Å². The van der Waals surface area contributed by atoms with Crippen molar-refractivity contribution in [3.63, 3.8) is 0 Å². The summed E-state index contributed by atoms with van der Waals surface area (Å²) in [5.74, 6) is 1.15. The lowest BCUT2D eigenvalue weighted by atomic mass is 10.1. The number of urea groups is 1. The quantitative estimate of drug-likeness (QED) is 0.755. The Morgan fingerprint density at radius 2 is 1.96 bits per heavy atom. The van der Waals surface area contributed by atoms with Crippen molar-refractivity contribution in [2.45, 2.75) is 18.9 Å². The number of primary amides is 1. The van der Waals surface area contributed by atoms with E-state index < -0.39 is 6.03 Å². The summed E-state index contributed by atoms with van der Waals surface area (Å²) in [7, 11) is 1.64. The molecule has 0 aromatic heterocycles. The van der Waals surface area contributed by atoms with E-state index in [1.165, 1.54) is 0 Å². The van der Waals surface area contributed by atoms with Crippen LogP contribution in [0.15, 0.2) is 48.5 Å². The van der Waals surface area contributed by atoms with Gasteiger partial charge in [-0.15, -0.1) is 0 Å². The van der Waals surface area contributed by atoms with E-state index in [1.807, 2.05) is 36.4 Å². The number of ether oxygens (including phenoxy) is 1. The van der Waals surface area contributed by atoms with Crippen LogP contribution in [0.3, 0.4) is 0 Å². The second-order valence-electron chi connectivity index (χ2n) is 6.13. The monoisotopic (exact) mass is 339 g/mol. The minimum Gasteiger partial charge on any atom is -0.497 e. The fourth-order valence-corrected chi connectivity index (χ4v) is 2.93. The smallest absolute Gasteiger partial charge is 0.316 e. The molecule has 0 unspecified atom stereocenters. The van der Waals surface area contributed by atoms with E-state index >= 15 is 0 Å². The van der Waals surface area contributed by atoms with Gasteiger partial charge < -0.3 is 21.1 Å². The summed E-state index contributed by atoms with van der Waals surface area (Å²) in [5.41, 5.74) is 7.78. The third-order valence-corrected chi connectivity index (χ3v) is 4.33. The summed E-state index contributed by atoms with van der Waals surface area (Å²) in [6.45, 7) is 0.416. The Hall–Kier alpha value is -3.02. The normalized spacial score (nSPS) is 18.3. The Bertz CT molecular complexity index is 774. The number of anilines is 1. The van der Waals surface area contributed by atoms with Gasteiger partial charge in [-0.3, -0.25) is 4.79 Å². The number of nitrogens with one attached hydrogen (secondary N) is 2. The Balaban J connectivity index is 1.52. The maximum absolute atomic E-state index is 12.3. The van der Waals surface area contributed by atoms with Crippen LogP contribution >= 0.6 is 0 Å². The molecule has 130 valence electrons.